The molecule has 4 N–H and O–H groups in total. The largest absolute Gasteiger partial charge is 0.330 e. The lowest BCUT2D eigenvalue weighted by atomic mass is 10.7. The zero-order valence-corrected chi connectivity index (χ0v) is 9.61. The first-order valence-corrected chi connectivity index (χ1v) is 7.05. The molecule has 0 amide bonds. The molecule has 0 spiro atoms. The van der Waals surface area contributed by atoms with Crippen LogP contribution in [0, 0.1) is 0 Å². The highest BCUT2D eigenvalue weighted by atomic mass is 33.1. The Hall–Kier alpha value is 0.930. The number of thiol groups is 1. The van der Waals surface area contributed by atoms with Crippen LogP contribution in [0.5, 0.6) is 0 Å². The molecule has 12 heavy (non-hydrogen) atoms. The standard InChI is InChI=1S/C6H17N3S3/c7-1-5-11-12-6-3-9-8-2-4-10/h8-10H,1-7H2. The molecule has 74 valence electrons. The topological polar surface area (TPSA) is 50.1 Å². The minimum atomic E-state index is 0.767. The van der Waals surface area contributed by atoms with Gasteiger partial charge in [-0.2, -0.15) is 12.6 Å². The molecule has 0 heterocycles. The Morgan fingerprint density at radius 3 is 2.42 bits per heavy atom. The van der Waals surface area contributed by atoms with Gasteiger partial charge < -0.3 is 5.73 Å². The van der Waals surface area contributed by atoms with Crippen LogP contribution in [0.2, 0.25) is 0 Å². The van der Waals surface area contributed by atoms with E-state index in [1.165, 1.54) is 0 Å². The van der Waals surface area contributed by atoms with E-state index in [4.69, 9.17) is 5.73 Å². The van der Waals surface area contributed by atoms with Crippen LogP contribution >= 0.6 is 34.2 Å². The molecule has 0 radical (unpaired) electrons. The molecule has 0 aliphatic rings. The van der Waals surface area contributed by atoms with Crippen LogP contribution in [0.15, 0.2) is 0 Å². The predicted octanol–water partition coefficient (Wildman–Crippen LogP) is 0.350. The lowest BCUT2D eigenvalue weighted by Crippen LogP contribution is -2.34. The molecular formula is C6H17N3S3. The minimum Gasteiger partial charge on any atom is -0.330 e. The summed E-state index contributed by atoms with van der Waals surface area (Å²) in [5.41, 5.74) is 11.5. The van der Waals surface area contributed by atoms with Gasteiger partial charge in [-0.05, 0) is 0 Å². The second-order valence-electron chi connectivity index (χ2n) is 2.01. The summed E-state index contributed by atoms with van der Waals surface area (Å²) < 4.78 is 0. The van der Waals surface area contributed by atoms with Gasteiger partial charge in [-0.15, -0.1) is 0 Å². The van der Waals surface area contributed by atoms with Crippen LogP contribution in [0.4, 0.5) is 0 Å². The van der Waals surface area contributed by atoms with Crippen LogP contribution in [-0.4, -0.2) is 36.9 Å². The van der Waals surface area contributed by atoms with Gasteiger partial charge >= 0.3 is 0 Å². The number of nitrogens with two attached hydrogens (primary N) is 1. The summed E-state index contributed by atoms with van der Waals surface area (Å²) in [7, 11) is 3.68. The molecule has 0 fully saturated rings. The lowest BCUT2D eigenvalue weighted by molar-refractivity contribution is 0.579. The van der Waals surface area contributed by atoms with E-state index < -0.39 is 0 Å². The Morgan fingerprint density at radius 1 is 1.08 bits per heavy atom. The molecule has 0 saturated heterocycles. The van der Waals surface area contributed by atoms with Crippen molar-refractivity contribution >= 4 is 34.2 Å². The summed E-state index contributed by atoms with van der Waals surface area (Å²) in [6.45, 7) is 2.66. The van der Waals surface area contributed by atoms with E-state index in [0.29, 0.717) is 0 Å². The van der Waals surface area contributed by atoms with Crippen molar-refractivity contribution < 1.29 is 0 Å². The number of hydrogen-bond acceptors (Lipinski definition) is 6. The third-order valence-corrected chi connectivity index (χ3v) is 3.62. The first kappa shape index (κ1) is 12.9. The third-order valence-electron chi connectivity index (χ3n) is 0.957. The molecule has 0 unspecified atom stereocenters. The van der Waals surface area contributed by atoms with Crippen molar-refractivity contribution in [2.45, 2.75) is 0 Å². The van der Waals surface area contributed by atoms with Crippen molar-refractivity contribution in [1.29, 1.82) is 0 Å². The van der Waals surface area contributed by atoms with E-state index in [1.54, 1.807) is 0 Å². The smallest absolute Gasteiger partial charge is 0.0199 e. The fourth-order valence-corrected chi connectivity index (χ4v) is 2.37. The maximum Gasteiger partial charge on any atom is 0.0199 e. The van der Waals surface area contributed by atoms with Crippen molar-refractivity contribution in [3.8, 4) is 0 Å². The summed E-state index contributed by atoms with van der Waals surface area (Å²) in [6, 6.07) is 0. The van der Waals surface area contributed by atoms with Gasteiger partial charge in [-0.25, -0.2) is 0 Å². The van der Waals surface area contributed by atoms with Crippen LogP contribution in [0.3, 0.4) is 0 Å². The zero-order valence-electron chi connectivity index (χ0n) is 7.08. The SMILES string of the molecule is NCCSSCCNNCCS. The maximum atomic E-state index is 5.34. The molecule has 6 heteroatoms. The van der Waals surface area contributed by atoms with Crippen LogP contribution in [0.25, 0.3) is 0 Å². The monoisotopic (exact) mass is 227 g/mol. The predicted molar refractivity (Wildman–Crippen MR) is 63.8 cm³/mol. The summed E-state index contributed by atoms with van der Waals surface area (Å²) in [4.78, 5) is 0. The van der Waals surface area contributed by atoms with E-state index >= 15 is 0 Å². The molecule has 0 aromatic rings. The highest BCUT2D eigenvalue weighted by molar-refractivity contribution is 8.76. The third kappa shape index (κ3) is 10.9. The van der Waals surface area contributed by atoms with Gasteiger partial charge in [0.2, 0.25) is 0 Å². The summed E-state index contributed by atoms with van der Waals surface area (Å²) in [6.07, 6.45) is 0. The molecule has 0 aromatic heterocycles. The number of rotatable bonds is 9. The molecule has 3 nitrogen and oxygen atoms in total. The number of hydrazine groups is 1. The van der Waals surface area contributed by atoms with E-state index in [1.807, 2.05) is 21.6 Å². The Morgan fingerprint density at radius 2 is 1.75 bits per heavy atom. The lowest BCUT2D eigenvalue weighted by Gasteiger charge is -2.04. The molecule has 0 bridgehead atoms. The Bertz CT molecular complexity index is 74.4. The van der Waals surface area contributed by atoms with Crippen molar-refractivity contribution in [3.05, 3.63) is 0 Å². The van der Waals surface area contributed by atoms with Gasteiger partial charge in [0.05, 0.1) is 0 Å². The fourth-order valence-electron chi connectivity index (χ4n) is 0.491. The van der Waals surface area contributed by atoms with Crippen molar-refractivity contribution in [2.24, 2.45) is 5.73 Å². The molecule has 0 rings (SSSR count). The van der Waals surface area contributed by atoms with Gasteiger partial charge in [-0.3, -0.25) is 10.9 Å². The first-order chi connectivity index (χ1) is 5.91. The zero-order chi connectivity index (χ0) is 9.07. The first-order valence-electron chi connectivity index (χ1n) is 3.93. The van der Waals surface area contributed by atoms with Crippen molar-refractivity contribution in [2.75, 3.05) is 36.9 Å². The maximum absolute atomic E-state index is 5.34. The van der Waals surface area contributed by atoms with E-state index in [0.717, 1.165) is 36.9 Å². The number of hydrogen-bond donors (Lipinski definition) is 4. The van der Waals surface area contributed by atoms with Gasteiger partial charge in [0.25, 0.3) is 0 Å². The van der Waals surface area contributed by atoms with Gasteiger partial charge in [0, 0.05) is 36.9 Å². The summed E-state index contributed by atoms with van der Waals surface area (Å²) in [5.74, 6) is 3.00. The van der Waals surface area contributed by atoms with Crippen molar-refractivity contribution in [3.63, 3.8) is 0 Å². The van der Waals surface area contributed by atoms with Crippen LogP contribution in [-0.2, 0) is 0 Å². The van der Waals surface area contributed by atoms with E-state index in [-0.39, 0.29) is 0 Å². The Kier molecular flexibility index (Phi) is 12.9. The quantitative estimate of drug-likeness (QED) is 0.198. The van der Waals surface area contributed by atoms with Gasteiger partial charge in [0.1, 0.15) is 0 Å². The molecule has 0 aliphatic heterocycles. The normalized spacial score (nSPS) is 10.5. The second kappa shape index (κ2) is 11.9. The fraction of sp³-hybridized carbons (Fsp3) is 1.00. The van der Waals surface area contributed by atoms with E-state index in [9.17, 15) is 0 Å². The molecule has 0 aromatic carbocycles. The second-order valence-corrected chi connectivity index (χ2v) is 5.16. The summed E-state index contributed by atoms with van der Waals surface area (Å²) in [5, 5.41) is 0. The Labute approximate surface area is 87.8 Å². The Balaban J connectivity index is 2.73. The average molecular weight is 227 g/mol. The van der Waals surface area contributed by atoms with Crippen molar-refractivity contribution in [1.82, 2.24) is 10.9 Å². The van der Waals surface area contributed by atoms with Crippen LogP contribution < -0.4 is 16.6 Å². The molecule has 0 saturated carbocycles. The highest BCUT2D eigenvalue weighted by Gasteiger charge is 1.88. The van der Waals surface area contributed by atoms with Gasteiger partial charge in [0.15, 0.2) is 0 Å². The molecular weight excluding hydrogens is 210 g/mol. The molecule has 0 atom stereocenters. The van der Waals surface area contributed by atoms with E-state index in [2.05, 4.69) is 23.5 Å². The van der Waals surface area contributed by atoms with Crippen LogP contribution in [0.1, 0.15) is 0 Å². The summed E-state index contributed by atoms with van der Waals surface area (Å²) >= 11 is 4.07. The number of nitrogens with one attached hydrogen (secondary N) is 2. The highest BCUT2D eigenvalue weighted by Crippen LogP contribution is 2.18. The minimum absolute atomic E-state index is 0.767. The van der Waals surface area contributed by atoms with Gasteiger partial charge in [-0.1, -0.05) is 21.6 Å². The molecule has 0 aliphatic carbocycles. The average Bonchev–Trinajstić information content (AvgIpc) is 2.10.